The number of rotatable bonds is 5. The van der Waals surface area contributed by atoms with Crippen LogP contribution in [0.3, 0.4) is 0 Å². The van der Waals surface area contributed by atoms with E-state index in [9.17, 15) is 4.79 Å². The molecule has 4 aromatic carbocycles. The highest BCUT2D eigenvalue weighted by Gasteiger charge is 2.49. The predicted octanol–water partition coefficient (Wildman–Crippen LogP) is 6.88. The van der Waals surface area contributed by atoms with Gasteiger partial charge in [0.1, 0.15) is 5.41 Å². The zero-order valence-corrected chi connectivity index (χ0v) is 18.5. The summed E-state index contributed by atoms with van der Waals surface area (Å²) in [7, 11) is 0. The smallest absolute Gasteiger partial charge is 0.186 e. The number of hydrogen-bond acceptors (Lipinski definition) is 3. The van der Waals surface area contributed by atoms with Crippen LogP contribution in [0.5, 0.6) is 0 Å². The van der Waals surface area contributed by atoms with Gasteiger partial charge in [0.05, 0.1) is 10.7 Å². The van der Waals surface area contributed by atoms with Gasteiger partial charge in [-0.2, -0.15) is 0 Å². The van der Waals surface area contributed by atoms with E-state index in [2.05, 4.69) is 24.3 Å². The number of fused-ring (bicyclic) bond motifs is 1. The van der Waals surface area contributed by atoms with Crippen LogP contribution in [-0.4, -0.2) is 16.6 Å². The first-order valence-electron chi connectivity index (χ1n) is 10.8. The van der Waals surface area contributed by atoms with Gasteiger partial charge in [0.2, 0.25) is 0 Å². The van der Waals surface area contributed by atoms with E-state index < -0.39 is 5.41 Å². The molecule has 0 radical (unpaired) electrons. The number of benzene rings is 4. The molecule has 0 unspecified atom stereocenters. The second-order valence-electron chi connectivity index (χ2n) is 7.83. The molecule has 0 saturated carbocycles. The lowest BCUT2D eigenvalue weighted by Gasteiger charge is -2.37. The maximum atomic E-state index is 14.3. The van der Waals surface area contributed by atoms with Crippen molar-refractivity contribution in [3.8, 4) is 0 Å². The lowest BCUT2D eigenvalue weighted by molar-refractivity contribution is 0.0949. The number of Topliss-reactive ketones (excluding diaryl/α,β-unsaturated/α-hetero) is 1. The first kappa shape index (κ1) is 20.5. The Bertz CT molecular complexity index is 1210. The topological polar surface area (TPSA) is 29.4 Å². The molecule has 0 fully saturated rings. The van der Waals surface area contributed by atoms with Crippen LogP contribution < -0.4 is 0 Å². The average Bonchev–Trinajstić information content (AvgIpc) is 2.86. The van der Waals surface area contributed by atoms with Gasteiger partial charge in [0, 0.05) is 11.3 Å². The number of aryl methyl sites for hydroxylation is 1. The Kier molecular flexibility index (Phi) is 5.74. The molecule has 156 valence electrons. The highest BCUT2D eigenvalue weighted by atomic mass is 32.2. The lowest BCUT2D eigenvalue weighted by Crippen LogP contribution is -2.45. The van der Waals surface area contributed by atoms with Crippen molar-refractivity contribution in [2.24, 2.45) is 4.99 Å². The molecule has 0 N–H and O–H groups in total. The Hall–Kier alpha value is -3.43. The van der Waals surface area contributed by atoms with Crippen LogP contribution >= 0.6 is 11.8 Å². The van der Waals surface area contributed by atoms with Gasteiger partial charge in [-0.15, -0.1) is 11.8 Å². The number of hydrogen-bond donors (Lipinski definition) is 0. The molecule has 5 rings (SSSR count). The van der Waals surface area contributed by atoms with Crippen molar-refractivity contribution >= 4 is 28.3 Å². The molecule has 0 aromatic heterocycles. The fourth-order valence-corrected chi connectivity index (χ4v) is 5.60. The lowest BCUT2D eigenvalue weighted by atomic mass is 9.68. The molecule has 1 aliphatic heterocycles. The zero-order valence-electron chi connectivity index (χ0n) is 17.6. The summed E-state index contributed by atoms with van der Waals surface area (Å²) < 4.78 is 0. The number of carbonyl (C=O) groups is 1. The van der Waals surface area contributed by atoms with Crippen molar-refractivity contribution in [2.45, 2.75) is 11.8 Å². The van der Waals surface area contributed by atoms with Gasteiger partial charge >= 0.3 is 0 Å². The second kappa shape index (κ2) is 8.97. The minimum Gasteiger partial charge on any atom is -0.292 e. The number of aliphatic imine (C=N–C) groups is 1. The summed E-state index contributed by atoms with van der Waals surface area (Å²) in [6.45, 7) is 0. The Morgan fingerprint density at radius 2 is 1.19 bits per heavy atom. The zero-order chi connectivity index (χ0) is 21.8. The molecule has 32 heavy (non-hydrogen) atoms. The van der Waals surface area contributed by atoms with Crippen LogP contribution in [-0.2, 0) is 11.8 Å². The SMILES string of the molecule is O=C1c2ccccc2N=C(SCCc2ccccc2)C1(c1ccccc1)c1ccccc1. The van der Waals surface area contributed by atoms with Gasteiger partial charge in [-0.05, 0) is 35.2 Å². The van der Waals surface area contributed by atoms with Crippen LogP contribution in [0, 0.1) is 0 Å². The van der Waals surface area contributed by atoms with Crippen molar-refractivity contribution < 1.29 is 4.79 Å². The molecular formula is C29H23NOS. The summed E-state index contributed by atoms with van der Waals surface area (Å²) in [4.78, 5) is 19.4. The number of nitrogens with zero attached hydrogens (tertiary/aromatic N) is 1. The quantitative estimate of drug-likeness (QED) is 0.343. The van der Waals surface area contributed by atoms with Crippen LogP contribution in [0.1, 0.15) is 27.0 Å². The summed E-state index contributed by atoms with van der Waals surface area (Å²) >= 11 is 1.69. The van der Waals surface area contributed by atoms with E-state index in [4.69, 9.17) is 4.99 Å². The van der Waals surface area contributed by atoms with Crippen molar-refractivity contribution in [3.63, 3.8) is 0 Å². The third-order valence-electron chi connectivity index (χ3n) is 5.92. The molecule has 4 aromatic rings. The molecule has 0 aliphatic carbocycles. The van der Waals surface area contributed by atoms with Crippen molar-refractivity contribution in [3.05, 3.63) is 138 Å². The molecule has 1 aliphatic rings. The Balaban J connectivity index is 1.66. The van der Waals surface area contributed by atoms with E-state index in [0.29, 0.717) is 5.56 Å². The maximum absolute atomic E-state index is 14.3. The van der Waals surface area contributed by atoms with Crippen LogP contribution in [0.15, 0.2) is 120 Å². The predicted molar refractivity (Wildman–Crippen MR) is 134 cm³/mol. The molecular weight excluding hydrogens is 410 g/mol. The largest absolute Gasteiger partial charge is 0.292 e. The number of para-hydroxylation sites is 1. The van der Waals surface area contributed by atoms with Gasteiger partial charge < -0.3 is 0 Å². The summed E-state index contributed by atoms with van der Waals surface area (Å²) in [6, 6.07) is 38.3. The van der Waals surface area contributed by atoms with E-state index in [-0.39, 0.29) is 5.78 Å². The number of carbonyl (C=O) groups excluding carboxylic acids is 1. The second-order valence-corrected chi connectivity index (χ2v) is 8.91. The first-order valence-corrected chi connectivity index (χ1v) is 11.8. The third-order valence-corrected chi connectivity index (χ3v) is 7.00. The van der Waals surface area contributed by atoms with Crippen molar-refractivity contribution in [1.29, 1.82) is 0 Å². The van der Waals surface area contributed by atoms with E-state index >= 15 is 0 Å². The van der Waals surface area contributed by atoms with Gasteiger partial charge in [0.15, 0.2) is 5.78 Å². The molecule has 2 nitrogen and oxygen atoms in total. The van der Waals surface area contributed by atoms with Gasteiger partial charge in [-0.3, -0.25) is 4.79 Å². The summed E-state index contributed by atoms with van der Waals surface area (Å²) in [5.74, 6) is 0.933. The summed E-state index contributed by atoms with van der Waals surface area (Å²) in [5, 5.41) is 0.842. The molecule has 0 saturated heterocycles. The van der Waals surface area contributed by atoms with Gasteiger partial charge in [-0.1, -0.05) is 103 Å². The van der Waals surface area contributed by atoms with E-state index in [1.807, 2.05) is 91.0 Å². The van der Waals surface area contributed by atoms with E-state index in [1.54, 1.807) is 11.8 Å². The highest BCUT2D eigenvalue weighted by molar-refractivity contribution is 8.14. The standard InChI is InChI=1S/C29H23NOS/c31-27-25-18-10-11-19-26(25)30-28(32-21-20-22-12-4-1-5-13-22)29(27,23-14-6-2-7-15-23)24-16-8-3-9-17-24/h1-19H,20-21H2. The fourth-order valence-electron chi connectivity index (χ4n) is 4.36. The summed E-state index contributed by atoms with van der Waals surface area (Å²) in [6.07, 6.45) is 0.917. The van der Waals surface area contributed by atoms with Crippen LogP contribution in [0.4, 0.5) is 5.69 Å². The van der Waals surface area contributed by atoms with Crippen molar-refractivity contribution in [2.75, 3.05) is 5.75 Å². The number of thioether (sulfide) groups is 1. The first-order chi connectivity index (χ1) is 15.8. The molecule has 0 atom stereocenters. The normalized spacial score (nSPS) is 14.5. The fraction of sp³-hybridized carbons (Fsp3) is 0.103. The van der Waals surface area contributed by atoms with Crippen LogP contribution in [0.25, 0.3) is 0 Å². The molecule has 0 bridgehead atoms. The molecule has 0 spiro atoms. The Labute approximate surface area is 193 Å². The monoisotopic (exact) mass is 433 g/mol. The van der Waals surface area contributed by atoms with E-state index in [1.165, 1.54) is 5.56 Å². The highest BCUT2D eigenvalue weighted by Crippen LogP contribution is 2.46. The minimum absolute atomic E-state index is 0.0858. The molecule has 1 heterocycles. The molecule has 0 amide bonds. The van der Waals surface area contributed by atoms with Gasteiger partial charge in [0.25, 0.3) is 0 Å². The maximum Gasteiger partial charge on any atom is 0.186 e. The minimum atomic E-state index is -0.946. The summed E-state index contributed by atoms with van der Waals surface area (Å²) in [5.41, 5.74) is 3.68. The average molecular weight is 434 g/mol. The van der Waals surface area contributed by atoms with Crippen LogP contribution in [0.2, 0.25) is 0 Å². The number of ketones is 1. The van der Waals surface area contributed by atoms with Crippen molar-refractivity contribution in [1.82, 2.24) is 0 Å². The third kappa shape index (κ3) is 3.59. The molecule has 3 heteroatoms. The Morgan fingerprint density at radius 1 is 0.656 bits per heavy atom. The van der Waals surface area contributed by atoms with E-state index in [0.717, 1.165) is 34.0 Å². The Morgan fingerprint density at radius 3 is 1.81 bits per heavy atom. The van der Waals surface area contributed by atoms with Gasteiger partial charge in [-0.25, -0.2) is 4.99 Å².